The highest BCUT2D eigenvalue weighted by molar-refractivity contribution is 7.91. The first-order chi connectivity index (χ1) is 15.5. The number of sulfonamides is 1. The van der Waals surface area contributed by atoms with Crippen LogP contribution in [0, 0.1) is 0 Å². The van der Waals surface area contributed by atoms with Gasteiger partial charge in [0.25, 0.3) is 15.9 Å². The molecule has 0 bridgehead atoms. The molecule has 0 radical (unpaired) electrons. The fraction of sp³-hybridized carbons (Fsp3) is 0.333. The number of benzene rings is 2. The van der Waals surface area contributed by atoms with E-state index < -0.39 is 19.9 Å². The van der Waals surface area contributed by atoms with Gasteiger partial charge in [0.05, 0.1) is 17.1 Å². The molecule has 0 aromatic heterocycles. The molecular formula is C21H23ClN4O5S2. The molecule has 33 heavy (non-hydrogen) atoms. The van der Waals surface area contributed by atoms with E-state index in [9.17, 15) is 21.6 Å². The Morgan fingerprint density at radius 1 is 1.09 bits per heavy atom. The van der Waals surface area contributed by atoms with Crippen LogP contribution in [0.3, 0.4) is 0 Å². The van der Waals surface area contributed by atoms with Crippen molar-refractivity contribution in [2.45, 2.75) is 16.2 Å². The Hall–Kier alpha value is -2.47. The minimum absolute atomic E-state index is 0.0493. The lowest BCUT2D eigenvalue weighted by Crippen LogP contribution is -2.39. The molecule has 0 saturated carbocycles. The number of nitrogens with zero attached hydrogens (tertiary/aromatic N) is 3. The van der Waals surface area contributed by atoms with Crippen LogP contribution in [0.1, 0.15) is 16.8 Å². The first-order valence-corrected chi connectivity index (χ1v) is 14.0. The first kappa shape index (κ1) is 23.7. The summed E-state index contributed by atoms with van der Waals surface area (Å²) in [5.74, 6) is 0.152. The molecule has 2 aromatic carbocycles. The van der Waals surface area contributed by atoms with Gasteiger partial charge >= 0.3 is 0 Å². The number of carbonyl (C=O) groups is 1. The van der Waals surface area contributed by atoms with Gasteiger partial charge in [0, 0.05) is 43.0 Å². The highest BCUT2D eigenvalue weighted by Crippen LogP contribution is 2.30. The van der Waals surface area contributed by atoms with E-state index in [1.807, 2.05) is 4.90 Å². The van der Waals surface area contributed by atoms with Gasteiger partial charge in [0.1, 0.15) is 10.7 Å². The van der Waals surface area contributed by atoms with Crippen molar-refractivity contribution >= 4 is 48.9 Å². The second-order valence-corrected chi connectivity index (χ2v) is 12.0. The number of sulfone groups is 1. The summed E-state index contributed by atoms with van der Waals surface area (Å²) in [5.41, 5.74) is 0.865. The van der Waals surface area contributed by atoms with Crippen LogP contribution in [0.15, 0.2) is 56.7 Å². The molecular weight excluding hydrogens is 488 g/mol. The number of amidine groups is 1. The molecule has 1 N–H and O–H groups in total. The second-order valence-electron chi connectivity index (χ2n) is 8.00. The topological polar surface area (TPSA) is 116 Å². The van der Waals surface area contributed by atoms with E-state index in [-0.39, 0.29) is 15.7 Å². The van der Waals surface area contributed by atoms with E-state index >= 15 is 0 Å². The van der Waals surface area contributed by atoms with Crippen molar-refractivity contribution < 1.29 is 21.6 Å². The maximum absolute atomic E-state index is 12.9. The number of halogens is 1. The molecule has 4 rings (SSSR count). The lowest BCUT2D eigenvalue weighted by molar-refractivity contribution is 0.0762. The van der Waals surface area contributed by atoms with Gasteiger partial charge < -0.3 is 10.2 Å². The van der Waals surface area contributed by atoms with Gasteiger partial charge in [-0.15, -0.1) is 4.40 Å². The van der Waals surface area contributed by atoms with Gasteiger partial charge in [0.2, 0.25) is 0 Å². The van der Waals surface area contributed by atoms with Crippen LogP contribution < -0.4 is 5.32 Å². The minimum atomic E-state index is -3.84. The van der Waals surface area contributed by atoms with Crippen LogP contribution in [0.25, 0.3) is 0 Å². The SMILES string of the molecule is CS(=O)(=O)c1ccc(C(=O)N2CCCN(CC3=NS(=O)(=O)c4cc(Cl)ccc4N3)CC2)cc1. The summed E-state index contributed by atoms with van der Waals surface area (Å²) < 4.78 is 52.2. The number of rotatable bonds is 4. The Morgan fingerprint density at radius 3 is 2.52 bits per heavy atom. The largest absolute Gasteiger partial charge is 0.341 e. The van der Waals surface area contributed by atoms with E-state index in [2.05, 4.69) is 9.71 Å². The number of fused-ring (bicyclic) bond motifs is 1. The van der Waals surface area contributed by atoms with E-state index in [1.54, 1.807) is 17.0 Å². The molecule has 2 aliphatic heterocycles. The molecule has 0 spiro atoms. The van der Waals surface area contributed by atoms with E-state index in [0.717, 1.165) is 6.26 Å². The summed E-state index contributed by atoms with van der Waals surface area (Å²) in [6.45, 7) is 2.51. The molecule has 1 fully saturated rings. The molecule has 12 heteroatoms. The van der Waals surface area contributed by atoms with Crippen molar-refractivity contribution in [3.05, 3.63) is 53.1 Å². The van der Waals surface area contributed by atoms with E-state index in [0.29, 0.717) is 61.3 Å². The number of amides is 1. The molecule has 2 heterocycles. The summed E-state index contributed by atoms with van der Waals surface area (Å²) in [4.78, 5) is 16.9. The number of anilines is 1. The number of hydrogen-bond donors (Lipinski definition) is 1. The highest BCUT2D eigenvalue weighted by Gasteiger charge is 2.27. The Kier molecular flexibility index (Phi) is 6.50. The predicted octanol–water partition coefficient (Wildman–Crippen LogP) is 2.10. The summed E-state index contributed by atoms with van der Waals surface area (Å²) in [6.07, 6.45) is 1.83. The van der Waals surface area contributed by atoms with E-state index in [1.165, 1.54) is 30.3 Å². The van der Waals surface area contributed by atoms with Crippen LogP contribution in [0.2, 0.25) is 5.02 Å². The lowest BCUT2D eigenvalue weighted by atomic mass is 10.2. The Morgan fingerprint density at radius 2 is 1.82 bits per heavy atom. The van der Waals surface area contributed by atoms with Gasteiger partial charge in [-0.1, -0.05) is 11.6 Å². The van der Waals surface area contributed by atoms with Crippen LogP contribution in [-0.2, 0) is 19.9 Å². The highest BCUT2D eigenvalue weighted by atomic mass is 35.5. The lowest BCUT2D eigenvalue weighted by Gasteiger charge is -2.25. The zero-order chi connectivity index (χ0) is 23.8. The number of nitrogens with one attached hydrogen (secondary N) is 1. The van der Waals surface area contributed by atoms with Crippen LogP contribution >= 0.6 is 11.6 Å². The average Bonchev–Trinajstić information content (AvgIpc) is 2.98. The summed E-state index contributed by atoms with van der Waals surface area (Å²) in [7, 11) is -7.17. The number of carbonyl (C=O) groups excluding carboxylic acids is 1. The van der Waals surface area contributed by atoms with Gasteiger partial charge in [-0.3, -0.25) is 9.69 Å². The van der Waals surface area contributed by atoms with Crippen molar-refractivity contribution in [2.75, 3.05) is 44.3 Å². The smallest absolute Gasteiger partial charge is 0.286 e. The van der Waals surface area contributed by atoms with Gasteiger partial charge in [0.15, 0.2) is 9.84 Å². The Labute approximate surface area is 198 Å². The monoisotopic (exact) mass is 510 g/mol. The van der Waals surface area contributed by atoms with Gasteiger partial charge in [-0.25, -0.2) is 8.42 Å². The van der Waals surface area contributed by atoms with Crippen molar-refractivity contribution in [3.63, 3.8) is 0 Å². The second kappa shape index (κ2) is 9.05. The minimum Gasteiger partial charge on any atom is -0.341 e. The third-order valence-corrected chi connectivity index (χ3v) is 8.23. The van der Waals surface area contributed by atoms with Gasteiger partial charge in [-0.2, -0.15) is 8.42 Å². The quantitative estimate of drug-likeness (QED) is 0.669. The predicted molar refractivity (Wildman–Crippen MR) is 126 cm³/mol. The fourth-order valence-electron chi connectivity index (χ4n) is 3.82. The van der Waals surface area contributed by atoms with Crippen molar-refractivity contribution in [1.82, 2.24) is 9.80 Å². The van der Waals surface area contributed by atoms with Crippen molar-refractivity contribution in [1.29, 1.82) is 0 Å². The van der Waals surface area contributed by atoms with Crippen molar-refractivity contribution in [2.24, 2.45) is 4.40 Å². The van der Waals surface area contributed by atoms with Crippen LogP contribution in [0.5, 0.6) is 0 Å². The maximum Gasteiger partial charge on any atom is 0.286 e. The zero-order valence-corrected chi connectivity index (χ0v) is 20.3. The normalized spacial score (nSPS) is 18.6. The molecule has 0 unspecified atom stereocenters. The zero-order valence-electron chi connectivity index (χ0n) is 17.9. The Bertz CT molecular complexity index is 1320. The average molecular weight is 511 g/mol. The van der Waals surface area contributed by atoms with Crippen LogP contribution in [-0.4, -0.2) is 77.4 Å². The third kappa shape index (κ3) is 5.37. The molecule has 1 amide bonds. The molecule has 176 valence electrons. The maximum atomic E-state index is 12.9. The van der Waals surface area contributed by atoms with Crippen LogP contribution in [0.4, 0.5) is 5.69 Å². The summed E-state index contributed by atoms with van der Waals surface area (Å²) in [5, 5.41) is 3.39. The van der Waals surface area contributed by atoms with Gasteiger partial charge in [-0.05, 0) is 48.9 Å². The molecule has 1 saturated heterocycles. The fourth-order valence-corrected chi connectivity index (χ4v) is 5.86. The standard InChI is InChI=1S/C21H23ClN4O5S2/c1-32(28,29)17-6-3-15(4-7-17)21(27)26-10-2-9-25(11-12-26)14-20-23-18-8-5-16(22)13-19(18)33(30,31)24-20/h3-8,13H,2,9-12,14H2,1H3,(H,23,24). The third-order valence-electron chi connectivity index (χ3n) is 5.51. The van der Waals surface area contributed by atoms with E-state index in [4.69, 9.17) is 11.6 Å². The first-order valence-electron chi connectivity index (χ1n) is 10.3. The van der Waals surface area contributed by atoms with Crippen molar-refractivity contribution in [3.8, 4) is 0 Å². The molecule has 2 aliphatic rings. The molecule has 2 aromatic rings. The summed E-state index contributed by atoms with van der Waals surface area (Å²) in [6, 6.07) is 10.5. The summed E-state index contributed by atoms with van der Waals surface area (Å²) >= 11 is 5.92. The number of hydrogen-bond acceptors (Lipinski definition) is 7. The Balaban J connectivity index is 1.41. The molecule has 9 nitrogen and oxygen atoms in total. The molecule has 0 aliphatic carbocycles. The molecule has 0 atom stereocenters.